The van der Waals surface area contributed by atoms with Crippen LogP contribution < -0.4 is 5.32 Å². The number of ether oxygens (including phenoxy) is 1. The van der Waals surface area contributed by atoms with Gasteiger partial charge in [-0.2, -0.15) is 0 Å². The van der Waals surface area contributed by atoms with Crippen LogP contribution in [0, 0.1) is 0 Å². The zero-order valence-corrected chi connectivity index (χ0v) is 13.8. The summed E-state index contributed by atoms with van der Waals surface area (Å²) in [4.78, 5) is 0. The molecule has 0 rings (SSSR count). The van der Waals surface area contributed by atoms with Gasteiger partial charge in [0.25, 0.3) is 0 Å². The van der Waals surface area contributed by atoms with Crippen molar-refractivity contribution in [2.24, 2.45) is 0 Å². The maximum atomic E-state index is 5.61. The highest BCUT2D eigenvalue weighted by molar-refractivity contribution is 4.76. The van der Waals surface area contributed by atoms with Gasteiger partial charge in [0.1, 0.15) is 0 Å². The first-order valence-electron chi connectivity index (χ1n) is 8.56. The van der Waals surface area contributed by atoms with E-state index >= 15 is 0 Å². The average molecular weight is 271 g/mol. The van der Waals surface area contributed by atoms with Gasteiger partial charge in [0.2, 0.25) is 0 Å². The third-order valence-corrected chi connectivity index (χ3v) is 3.93. The van der Waals surface area contributed by atoms with Crippen molar-refractivity contribution >= 4 is 0 Å². The number of rotatable bonds is 14. The van der Waals surface area contributed by atoms with Crippen molar-refractivity contribution in [3.05, 3.63) is 0 Å². The molecule has 2 unspecified atom stereocenters. The van der Waals surface area contributed by atoms with Crippen LogP contribution in [-0.2, 0) is 4.74 Å². The van der Waals surface area contributed by atoms with Crippen LogP contribution in [0.2, 0.25) is 0 Å². The SMILES string of the molecule is CCCCCCCCCC(NCCC)C(CC)OC. The zero-order chi connectivity index (χ0) is 14.3. The first-order valence-corrected chi connectivity index (χ1v) is 8.56. The van der Waals surface area contributed by atoms with Gasteiger partial charge in [0, 0.05) is 13.2 Å². The van der Waals surface area contributed by atoms with Crippen LogP contribution in [0.3, 0.4) is 0 Å². The molecule has 19 heavy (non-hydrogen) atoms. The Labute approximate surface area is 121 Å². The highest BCUT2D eigenvalue weighted by Gasteiger charge is 2.17. The van der Waals surface area contributed by atoms with Gasteiger partial charge >= 0.3 is 0 Å². The molecule has 0 aliphatic heterocycles. The van der Waals surface area contributed by atoms with Crippen molar-refractivity contribution in [2.75, 3.05) is 13.7 Å². The lowest BCUT2D eigenvalue weighted by Gasteiger charge is -2.26. The predicted octanol–water partition coefficient (Wildman–Crippen LogP) is 4.92. The van der Waals surface area contributed by atoms with E-state index in [0.29, 0.717) is 12.1 Å². The van der Waals surface area contributed by atoms with E-state index in [1.807, 2.05) is 7.11 Å². The Morgan fingerprint density at radius 3 is 2.00 bits per heavy atom. The maximum Gasteiger partial charge on any atom is 0.0721 e. The molecular formula is C17H37NO. The van der Waals surface area contributed by atoms with E-state index in [4.69, 9.17) is 4.74 Å². The predicted molar refractivity (Wildman–Crippen MR) is 85.8 cm³/mol. The second-order valence-corrected chi connectivity index (χ2v) is 5.65. The van der Waals surface area contributed by atoms with Crippen molar-refractivity contribution in [3.63, 3.8) is 0 Å². The topological polar surface area (TPSA) is 21.3 Å². The van der Waals surface area contributed by atoms with E-state index in [1.54, 1.807) is 0 Å². The zero-order valence-electron chi connectivity index (χ0n) is 13.8. The Hall–Kier alpha value is -0.0800. The number of hydrogen-bond acceptors (Lipinski definition) is 2. The maximum absolute atomic E-state index is 5.61. The lowest BCUT2D eigenvalue weighted by molar-refractivity contribution is 0.0616. The van der Waals surface area contributed by atoms with E-state index in [9.17, 15) is 0 Å². The molecular weight excluding hydrogens is 234 g/mol. The van der Waals surface area contributed by atoms with Crippen molar-refractivity contribution < 1.29 is 4.74 Å². The van der Waals surface area contributed by atoms with Gasteiger partial charge in [-0.05, 0) is 25.8 Å². The number of nitrogens with one attached hydrogen (secondary N) is 1. The third-order valence-electron chi connectivity index (χ3n) is 3.93. The molecule has 0 spiro atoms. The van der Waals surface area contributed by atoms with Crippen molar-refractivity contribution in [1.82, 2.24) is 5.32 Å². The molecule has 0 aliphatic rings. The van der Waals surface area contributed by atoms with E-state index in [2.05, 4.69) is 26.1 Å². The molecule has 2 heteroatoms. The van der Waals surface area contributed by atoms with Crippen LogP contribution in [0.4, 0.5) is 0 Å². The summed E-state index contributed by atoms with van der Waals surface area (Å²) in [5.41, 5.74) is 0. The molecule has 0 amide bonds. The van der Waals surface area contributed by atoms with Gasteiger partial charge in [0.05, 0.1) is 6.10 Å². The Kier molecular flexibility index (Phi) is 14.3. The number of methoxy groups -OCH3 is 1. The van der Waals surface area contributed by atoms with Crippen LogP contribution in [0.15, 0.2) is 0 Å². The van der Waals surface area contributed by atoms with Crippen LogP contribution in [0.5, 0.6) is 0 Å². The minimum absolute atomic E-state index is 0.381. The van der Waals surface area contributed by atoms with Crippen molar-refractivity contribution in [3.8, 4) is 0 Å². The molecule has 2 atom stereocenters. The van der Waals surface area contributed by atoms with Gasteiger partial charge in [-0.15, -0.1) is 0 Å². The standard InChI is InChI=1S/C17H37NO/c1-5-8-9-10-11-12-13-14-16(18-15-6-2)17(7-3)19-4/h16-18H,5-15H2,1-4H3. The molecule has 0 heterocycles. The fourth-order valence-corrected chi connectivity index (χ4v) is 2.69. The van der Waals surface area contributed by atoms with Gasteiger partial charge in [-0.3, -0.25) is 0 Å². The van der Waals surface area contributed by atoms with Gasteiger partial charge < -0.3 is 10.1 Å². The largest absolute Gasteiger partial charge is 0.380 e. The summed E-state index contributed by atoms with van der Waals surface area (Å²) >= 11 is 0. The van der Waals surface area contributed by atoms with Crippen molar-refractivity contribution in [1.29, 1.82) is 0 Å². The van der Waals surface area contributed by atoms with Gasteiger partial charge in [-0.1, -0.05) is 65.7 Å². The van der Waals surface area contributed by atoms with Crippen LogP contribution >= 0.6 is 0 Å². The van der Waals surface area contributed by atoms with E-state index in [-0.39, 0.29) is 0 Å². The molecule has 0 fully saturated rings. The Morgan fingerprint density at radius 1 is 0.842 bits per heavy atom. The summed E-state index contributed by atoms with van der Waals surface area (Å²) in [6.45, 7) is 7.84. The highest BCUT2D eigenvalue weighted by atomic mass is 16.5. The molecule has 116 valence electrons. The van der Waals surface area contributed by atoms with E-state index in [1.165, 1.54) is 57.8 Å². The summed E-state index contributed by atoms with van der Waals surface area (Å²) in [6.07, 6.45) is 13.7. The molecule has 0 aromatic heterocycles. The molecule has 0 radical (unpaired) electrons. The lowest BCUT2D eigenvalue weighted by Crippen LogP contribution is -2.41. The van der Waals surface area contributed by atoms with Crippen LogP contribution in [0.25, 0.3) is 0 Å². The molecule has 0 bridgehead atoms. The summed E-state index contributed by atoms with van der Waals surface area (Å²) in [5.74, 6) is 0. The molecule has 0 saturated carbocycles. The smallest absolute Gasteiger partial charge is 0.0721 e. The number of hydrogen-bond donors (Lipinski definition) is 1. The summed E-state index contributed by atoms with van der Waals surface area (Å²) < 4.78 is 5.61. The Bertz CT molecular complexity index is 169. The third kappa shape index (κ3) is 10.4. The molecule has 1 N–H and O–H groups in total. The molecule has 0 aromatic rings. The quantitative estimate of drug-likeness (QED) is 0.453. The molecule has 2 nitrogen and oxygen atoms in total. The molecule has 0 aromatic carbocycles. The summed E-state index contributed by atoms with van der Waals surface area (Å²) in [6, 6.07) is 0.547. The molecule has 0 saturated heterocycles. The fourth-order valence-electron chi connectivity index (χ4n) is 2.69. The van der Waals surface area contributed by atoms with Gasteiger partial charge in [-0.25, -0.2) is 0 Å². The van der Waals surface area contributed by atoms with Gasteiger partial charge in [0.15, 0.2) is 0 Å². The normalized spacial score (nSPS) is 14.5. The second-order valence-electron chi connectivity index (χ2n) is 5.65. The monoisotopic (exact) mass is 271 g/mol. The lowest BCUT2D eigenvalue weighted by atomic mass is 10.00. The fraction of sp³-hybridized carbons (Fsp3) is 1.00. The second kappa shape index (κ2) is 14.3. The van der Waals surface area contributed by atoms with Crippen LogP contribution in [0.1, 0.15) is 85.0 Å². The Morgan fingerprint density at radius 2 is 1.47 bits per heavy atom. The molecule has 0 aliphatic carbocycles. The van der Waals surface area contributed by atoms with E-state index in [0.717, 1.165) is 13.0 Å². The first kappa shape index (κ1) is 18.9. The minimum atomic E-state index is 0.381. The first-order chi connectivity index (χ1) is 9.29. The summed E-state index contributed by atoms with van der Waals surface area (Å²) in [5, 5.41) is 3.66. The van der Waals surface area contributed by atoms with Crippen LogP contribution in [-0.4, -0.2) is 25.8 Å². The highest BCUT2D eigenvalue weighted by Crippen LogP contribution is 2.14. The average Bonchev–Trinajstić information content (AvgIpc) is 2.44. The Balaban J connectivity index is 3.72. The van der Waals surface area contributed by atoms with E-state index < -0.39 is 0 Å². The number of unbranched alkanes of at least 4 members (excludes halogenated alkanes) is 6. The summed E-state index contributed by atoms with van der Waals surface area (Å²) in [7, 11) is 1.85. The minimum Gasteiger partial charge on any atom is -0.380 e. The van der Waals surface area contributed by atoms with Crippen molar-refractivity contribution in [2.45, 2.75) is 97.1 Å².